The molecule has 1 unspecified atom stereocenters. The molecule has 0 fully saturated rings. The van der Waals surface area contributed by atoms with E-state index in [2.05, 4.69) is 6.58 Å². The van der Waals surface area contributed by atoms with E-state index in [1.54, 1.807) is 6.08 Å². The topological polar surface area (TPSA) is 52.3 Å². The number of hydrogen-bond acceptors (Lipinski definition) is 3. The fourth-order valence-corrected chi connectivity index (χ4v) is 0.807. The van der Waals surface area contributed by atoms with Gasteiger partial charge in [0, 0.05) is 12.5 Å². The monoisotopic (exact) mass is 139 g/mol. The van der Waals surface area contributed by atoms with Crippen molar-refractivity contribution in [3.05, 3.63) is 24.4 Å². The van der Waals surface area contributed by atoms with Crippen molar-refractivity contribution in [2.75, 3.05) is 0 Å². The fourth-order valence-electron chi connectivity index (χ4n) is 0.807. The maximum Gasteiger partial charge on any atom is 0.333 e. The number of ether oxygens (including phenoxy) is 1. The molecule has 1 aliphatic rings. The van der Waals surface area contributed by atoms with Crippen LogP contribution in [0, 0.1) is 0 Å². The molecule has 0 amide bonds. The maximum absolute atomic E-state index is 10.5. The van der Waals surface area contributed by atoms with E-state index >= 15 is 0 Å². The summed E-state index contributed by atoms with van der Waals surface area (Å²) in [5.41, 5.74) is 5.91. The van der Waals surface area contributed by atoms with Crippen LogP contribution in [0.15, 0.2) is 24.4 Å². The van der Waals surface area contributed by atoms with E-state index in [0.29, 0.717) is 12.1 Å². The molecular formula is C7H9NO2. The first kappa shape index (κ1) is 6.86. The zero-order chi connectivity index (χ0) is 7.56. The highest BCUT2D eigenvalue weighted by Gasteiger charge is 2.21. The van der Waals surface area contributed by atoms with Gasteiger partial charge in [0.1, 0.15) is 6.10 Å². The average Bonchev–Trinajstić information content (AvgIpc) is 2.13. The van der Waals surface area contributed by atoms with Gasteiger partial charge in [0.05, 0.1) is 5.70 Å². The van der Waals surface area contributed by atoms with E-state index in [1.165, 1.54) is 6.08 Å². The lowest BCUT2D eigenvalue weighted by molar-refractivity contribution is -0.138. The van der Waals surface area contributed by atoms with Crippen molar-refractivity contribution in [2.24, 2.45) is 5.73 Å². The van der Waals surface area contributed by atoms with E-state index < -0.39 is 0 Å². The molecule has 10 heavy (non-hydrogen) atoms. The molecule has 0 saturated carbocycles. The molecule has 3 heteroatoms. The van der Waals surface area contributed by atoms with E-state index in [1.807, 2.05) is 0 Å². The summed E-state index contributed by atoms with van der Waals surface area (Å²) in [5, 5.41) is 0. The van der Waals surface area contributed by atoms with E-state index in [4.69, 9.17) is 10.5 Å². The van der Waals surface area contributed by atoms with Gasteiger partial charge in [-0.15, -0.1) is 6.58 Å². The first-order valence-corrected chi connectivity index (χ1v) is 3.02. The largest absolute Gasteiger partial charge is 0.452 e. The second-order valence-corrected chi connectivity index (χ2v) is 2.09. The van der Waals surface area contributed by atoms with Gasteiger partial charge in [-0.25, -0.2) is 4.79 Å². The predicted octanol–water partition coefficient (Wildman–Crippen LogP) is 0.331. The van der Waals surface area contributed by atoms with Crippen LogP contribution < -0.4 is 5.73 Å². The summed E-state index contributed by atoms with van der Waals surface area (Å²) in [4.78, 5) is 10.5. The number of esters is 1. The number of cyclic esters (lactones) is 1. The normalized spacial score (nSPS) is 23.8. The zero-order valence-electron chi connectivity index (χ0n) is 5.54. The molecular weight excluding hydrogens is 130 g/mol. The highest BCUT2D eigenvalue weighted by atomic mass is 16.5. The number of rotatable bonds is 2. The first-order chi connectivity index (χ1) is 4.74. The summed E-state index contributed by atoms with van der Waals surface area (Å²) < 4.78 is 4.79. The Morgan fingerprint density at radius 1 is 1.90 bits per heavy atom. The predicted molar refractivity (Wildman–Crippen MR) is 37.0 cm³/mol. The van der Waals surface area contributed by atoms with Crippen LogP contribution in [0.5, 0.6) is 0 Å². The molecule has 0 aromatic carbocycles. The number of nitrogens with two attached hydrogens (primary N) is 1. The molecule has 0 spiro atoms. The number of carbonyl (C=O) groups excluding carboxylic acids is 1. The molecule has 54 valence electrons. The van der Waals surface area contributed by atoms with Crippen molar-refractivity contribution in [2.45, 2.75) is 12.5 Å². The van der Waals surface area contributed by atoms with Gasteiger partial charge in [-0.05, 0) is 0 Å². The van der Waals surface area contributed by atoms with Crippen LogP contribution in [0.25, 0.3) is 0 Å². The average molecular weight is 139 g/mol. The summed E-state index contributed by atoms with van der Waals surface area (Å²) in [6.45, 7) is 3.51. The van der Waals surface area contributed by atoms with E-state index in [0.717, 1.165) is 0 Å². The Labute approximate surface area is 59.2 Å². The lowest BCUT2D eigenvalue weighted by Gasteiger charge is -2.06. The van der Waals surface area contributed by atoms with Gasteiger partial charge >= 0.3 is 5.97 Å². The van der Waals surface area contributed by atoms with Gasteiger partial charge in [-0.3, -0.25) is 0 Å². The number of hydrogen-bond donors (Lipinski definition) is 1. The van der Waals surface area contributed by atoms with Crippen molar-refractivity contribution in [3.63, 3.8) is 0 Å². The molecule has 1 aliphatic heterocycles. The Bertz CT molecular complexity index is 196. The molecule has 2 N–H and O–H groups in total. The third-order valence-electron chi connectivity index (χ3n) is 1.30. The Morgan fingerprint density at radius 2 is 2.60 bits per heavy atom. The van der Waals surface area contributed by atoms with Crippen LogP contribution in [0.2, 0.25) is 0 Å². The van der Waals surface area contributed by atoms with Crippen LogP contribution in [-0.2, 0) is 9.53 Å². The smallest absolute Gasteiger partial charge is 0.333 e. The highest BCUT2D eigenvalue weighted by molar-refractivity contribution is 5.85. The molecule has 1 atom stereocenters. The maximum atomic E-state index is 10.5. The fraction of sp³-hybridized carbons (Fsp3) is 0.286. The van der Waals surface area contributed by atoms with E-state index in [-0.39, 0.29) is 12.1 Å². The van der Waals surface area contributed by atoms with Crippen molar-refractivity contribution < 1.29 is 9.53 Å². The molecule has 0 aromatic rings. The summed E-state index contributed by atoms with van der Waals surface area (Å²) in [6, 6.07) is 0. The van der Waals surface area contributed by atoms with E-state index in [9.17, 15) is 4.79 Å². The van der Waals surface area contributed by atoms with Crippen molar-refractivity contribution in [1.82, 2.24) is 0 Å². The molecule has 0 bridgehead atoms. The molecule has 3 nitrogen and oxygen atoms in total. The molecule has 0 aliphatic carbocycles. The standard InChI is InChI=1S/C7H9NO2/c1-2-3-6-5(8)4-7(9)10-6/h2,4,6H,1,3,8H2. The summed E-state index contributed by atoms with van der Waals surface area (Å²) in [6.07, 6.45) is 3.29. The van der Waals surface area contributed by atoms with Gasteiger partial charge in [0.25, 0.3) is 0 Å². The summed E-state index contributed by atoms with van der Waals surface area (Å²) in [7, 11) is 0. The summed E-state index contributed by atoms with van der Waals surface area (Å²) in [5.74, 6) is -0.357. The Balaban J connectivity index is 2.59. The van der Waals surface area contributed by atoms with Crippen molar-refractivity contribution in [1.29, 1.82) is 0 Å². The third-order valence-corrected chi connectivity index (χ3v) is 1.30. The van der Waals surface area contributed by atoms with Gasteiger partial charge < -0.3 is 10.5 Å². The highest BCUT2D eigenvalue weighted by Crippen LogP contribution is 2.13. The molecule has 0 aromatic heterocycles. The Kier molecular flexibility index (Phi) is 1.76. The Morgan fingerprint density at radius 3 is 3.00 bits per heavy atom. The summed E-state index contributed by atoms with van der Waals surface area (Å²) >= 11 is 0. The lowest BCUT2D eigenvalue weighted by Crippen LogP contribution is -2.15. The minimum atomic E-state index is -0.357. The van der Waals surface area contributed by atoms with Crippen LogP contribution in [0.4, 0.5) is 0 Å². The lowest BCUT2D eigenvalue weighted by atomic mass is 10.2. The molecule has 1 heterocycles. The van der Waals surface area contributed by atoms with Crippen LogP contribution in [0.3, 0.4) is 0 Å². The number of carbonyl (C=O) groups is 1. The van der Waals surface area contributed by atoms with Crippen LogP contribution in [-0.4, -0.2) is 12.1 Å². The van der Waals surface area contributed by atoms with Crippen molar-refractivity contribution >= 4 is 5.97 Å². The minimum Gasteiger partial charge on any atom is -0.452 e. The molecule has 1 rings (SSSR count). The first-order valence-electron chi connectivity index (χ1n) is 3.02. The molecule has 0 radical (unpaired) electrons. The van der Waals surface area contributed by atoms with Crippen molar-refractivity contribution in [3.8, 4) is 0 Å². The SMILES string of the molecule is C=CCC1OC(=O)C=C1N. The molecule has 0 saturated heterocycles. The second kappa shape index (κ2) is 2.56. The second-order valence-electron chi connectivity index (χ2n) is 2.09. The van der Waals surface area contributed by atoms with Gasteiger partial charge in [-0.1, -0.05) is 6.08 Å². The van der Waals surface area contributed by atoms with Gasteiger partial charge in [-0.2, -0.15) is 0 Å². The quantitative estimate of drug-likeness (QED) is 0.443. The Hall–Kier alpha value is -1.25. The minimum absolute atomic E-state index is 0.273. The van der Waals surface area contributed by atoms with Crippen LogP contribution >= 0.6 is 0 Å². The van der Waals surface area contributed by atoms with Gasteiger partial charge in [0.2, 0.25) is 0 Å². The van der Waals surface area contributed by atoms with Gasteiger partial charge in [0.15, 0.2) is 0 Å². The third kappa shape index (κ3) is 1.18. The zero-order valence-corrected chi connectivity index (χ0v) is 5.54. The van der Waals surface area contributed by atoms with Crippen LogP contribution in [0.1, 0.15) is 6.42 Å².